The summed E-state index contributed by atoms with van der Waals surface area (Å²) in [5, 5.41) is 8.12. The van der Waals surface area contributed by atoms with Gasteiger partial charge >= 0.3 is 0 Å². The molecule has 8 heteroatoms. The van der Waals surface area contributed by atoms with Gasteiger partial charge in [-0.15, -0.1) is 0 Å². The first kappa shape index (κ1) is 19.2. The monoisotopic (exact) mass is 413 g/mol. The van der Waals surface area contributed by atoms with Gasteiger partial charge in [0, 0.05) is 50.3 Å². The molecular weight excluding hydrogens is 390 g/mol. The minimum absolute atomic E-state index is 0.0406. The number of nitrogens with one attached hydrogen (secondary N) is 1. The van der Waals surface area contributed by atoms with Crippen LogP contribution in [-0.4, -0.2) is 48.5 Å². The molecule has 1 amide bonds. The first-order valence-electron chi connectivity index (χ1n) is 10.4. The lowest BCUT2D eigenvalue weighted by molar-refractivity contribution is 0.0710. The predicted molar refractivity (Wildman–Crippen MR) is 117 cm³/mol. The van der Waals surface area contributed by atoms with E-state index in [9.17, 15) is 4.79 Å². The van der Waals surface area contributed by atoms with Crippen LogP contribution in [0.3, 0.4) is 0 Å². The summed E-state index contributed by atoms with van der Waals surface area (Å²) in [5.74, 6) is 1.14. The number of hydrogen-bond acceptors (Lipinski definition) is 6. The number of nitrogens with zero attached hydrogens (tertiary/aromatic N) is 6. The van der Waals surface area contributed by atoms with Crippen molar-refractivity contribution in [2.75, 3.05) is 18.4 Å². The SMILES string of the molecule is O=C(c1cccnc1)N1CCC(c2nc3ccc(NCc4cccnc4)cn3n2)CC1. The number of piperidine rings is 1. The number of pyridine rings is 3. The third-order valence-electron chi connectivity index (χ3n) is 5.62. The number of fused-ring (bicyclic) bond motifs is 1. The molecule has 156 valence electrons. The van der Waals surface area contributed by atoms with Gasteiger partial charge in [0.15, 0.2) is 11.5 Å². The second-order valence-electron chi connectivity index (χ2n) is 7.71. The molecule has 0 unspecified atom stereocenters. The molecule has 5 heterocycles. The molecule has 0 spiro atoms. The highest BCUT2D eigenvalue weighted by molar-refractivity contribution is 5.93. The first-order chi connectivity index (χ1) is 15.3. The van der Waals surface area contributed by atoms with Gasteiger partial charge in [-0.2, -0.15) is 5.10 Å². The van der Waals surface area contributed by atoms with Crippen LogP contribution in [0.5, 0.6) is 0 Å². The Morgan fingerprint density at radius 2 is 1.84 bits per heavy atom. The van der Waals surface area contributed by atoms with E-state index in [2.05, 4.69) is 15.3 Å². The number of carbonyl (C=O) groups is 1. The second-order valence-corrected chi connectivity index (χ2v) is 7.71. The topological polar surface area (TPSA) is 88.3 Å². The molecule has 0 bridgehead atoms. The summed E-state index contributed by atoms with van der Waals surface area (Å²) in [6.07, 6.45) is 10.6. The Kier molecular flexibility index (Phi) is 5.26. The minimum Gasteiger partial charge on any atom is -0.380 e. The number of anilines is 1. The summed E-state index contributed by atoms with van der Waals surface area (Å²) in [6, 6.07) is 11.6. The highest BCUT2D eigenvalue weighted by Crippen LogP contribution is 2.27. The van der Waals surface area contributed by atoms with E-state index in [4.69, 9.17) is 10.1 Å². The van der Waals surface area contributed by atoms with Gasteiger partial charge in [0.2, 0.25) is 0 Å². The molecule has 4 aromatic heterocycles. The molecular formula is C23H23N7O. The van der Waals surface area contributed by atoms with Crippen molar-refractivity contribution in [1.29, 1.82) is 0 Å². The van der Waals surface area contributed by atoms with Crippen LogP contribution in [0, 0.1) is 0 Å². The maximum absolute atomic E-state index is 12.6. The van der Waals surface area contributed by atoms with E-state index in [-0.39, 0.29) is 11.8 Å². The van der Waals surface area contributed by atoms with Crippen molar-refractivity contribution >= 4 is 17.2 Å². The van der Waals surface area contributed by atoms with Crippen molar-refractivity contribution in [3.8, 4) is 0 Å². The van der Waals surface area contributed by atoms with E-state index >= 15 is 0 Å². The molecule has 5 rings (SSSR count). The van der Waals surface area contributed by atoms with Crippen LogP contribution in [0.4, 0.5) is 5.69 Å². The van der Waals surface area contributed by atoms with E-state index < -0.39 is 0 Å². The molecule has 1 aliphatic heterocycles. The molecule has 1 N–H and O–H groups in total. The highest BCUT2D eigenvalue weighted by atomic mass is 16.2. The lowest BCUT2D eigenvalue weighted by Gasteiger charge is -2.30. The number of hydrogen-bond donors (Lipinski definition) is 1. The molecule has 0 atom stereocenters. The molecule has 0 saturated carbocycles. The van der Waals surface area contributed by atoms with Crippen LogP contribution in [0.2, 0.25) is 0 Å². The zero-order chi connectivity index (χ0) is 21.0. The van der Waals surface area contributed by atoms with Crippen molar-refractivity contribution in [2.45, 2.75) is 25.3 Å². The van der Waals surface area contributed by atoms with Crippen LogP contribution in [-0.2, 0) is 6.54 Å². The Bertz CT molecular complexity index is 1170. The molecule has 1 fully saturated rings. The number of likely N-dealkylation sites (tertiary alicyclic amines) is 1. The zero-order valence-corrected chi connectivity index (χ0v) is 17.1. The Labute approximate surface area is 180 Å². The Morgan fingerprint density at radius 3 is 2.58 bits per heavy atom. The van der Waals surface area contributed by atoms with Crippen molar-refractivity contribution in [3.05, 3.63) is 84.3 Å². The summed E-state index contributed by atoms with van der Waals surface area (Å²) in [4.78, 5) is 27.4. The number of carbonyl (C=O) groups excluding carboxylic acids is 1. The van der Waals surface area contributed by atoms with E-state index in [1.54, 1.807) is 24.7 Å². The van der Waals surface area contributed by atoms with Gasteiger partial charge in [-0.1, -0.05) is 6.07 Å². The summed E-state index contributed by atoms with van der Waals surface area (Å²) >= 11 is 0. The van der Waals surface area contributed by atoms with Gasteiger partial charge < -0.3 is 10.2 Å². The highest BCUT2D eigenvalue weighted by Gasteiger charge is 2.27. The molecule has 0 aliphatic carbocycles. The standard InChI is InChI=1S/C23H23N7O/c31-23(19-4-2-10-25-15-19)29-11-7-18(8-12-29)22-27-21-6-5-20(16-30(21)28-22)26-14-17-3-1-9-24-13-17/h1-6,9-10,13,15-16,18,26H,7-8,11-12,14H2. The van der Waals surface area contributed by atoms with Crippen molar-refractivity contribution < 1.29 is 4.79 Å². The Balaban J connectivity index is 1.23. The first-order valence-corrected chi connectivity index (χ1v) is 10.4. The lowest BCUT2D eigenvalue weighted by Crippen LogP contribution is -2.38. The van der Waals surface area contributed by atoms with Crippen molar-refractivity contribution in [1.82, 2.24) is 29.5 Å². The number of aromatic nitrogens is 5. The van der Waals surface area contributed by atoms with E-state index in [1.807, 2.05) is 52.1 Å². The fourth-order valence-electron chi connectivity index (χ4n) is 3.90. The Morgan fingerprint density at radius 1 is 1.03 bits per heavy atom. The fraction of sp³-hybridized carbons (Fsp3) is 0.261. The third kappa shape index (κ3) is 4.23. The van der Waals surface area contributed by atoms with E-state index in [0.29, 0.717) is 25.2 Å². The predicted octanol–water partition coefficient (Wildman–Crippen LogP) is 3.15. The zero-order valence-electron chi connectivity index (χ0n) is 17.1. The van der Waals surface area contributed by atoms with Gasteiger partial charge in [-0.3, -0.25) is 14.8 Å². The molecule has 4 aromatic rings. The van der Waals surface area contributed by atoms with Crippen molar-refractivity contribution in [2.24, 2.45) is 0 Å². The van der Waals surface area contributed by atoms with Crippen molar-refractivity contribution in [3.63, 3.8) is 0 Å². The number of rotatable bonds is 5. The molecule has 1 aliphatic rings. The molecule has 0 aromatic carbocycles. The molecule has 0 radical (unpaired) electrons. The average Bonchev–Trinajstić information content (AvgIpc) is 3.27. The molecule has 31 heavy (non-hydrogen) atoms. The van der Waals surface area contributed by atoms with Gasteiger partial charge in [-0.25, -0.2) is 9.50 Å². The van der Waals surface area contributed by atoms with Gasteiger partial charge in [0.1, 0.15) is 0 Å². The second kappa shape index (κ2) is 8.51. The number of amides is 1. The normalized spacial score (nSPS) is 14.6. The maximum Gasteiger partial charge on any atom is 0.255 e. The quantitative estimate of drug-likeness (QED) is 0.541. The maximum atomic E-state index is 12.6. The van der Waals surface area contributed by atoms with Gasteiger partial charge in [0.05, 0.1) is 17.4 Å². The minimum atomic E-state index is 0.0406. The average molecular weight is 413 g/mol. The fourth-order valence-corrected chi connectivity index (χ4v) is 3.90. The van der Waals surface area contributed by atoms with Gasteiger partial charge in [0.25, 0.3) is 5.91 Å². The Hall–Kier alpha value is -3.81. The summed E-state index contributed by atoms with van der Waals surface area (Å²) in [5.41, 5.74) is 3.56. The molecule has 1 saturated heterocycles. The summed E-state index contributed by atoms with van der Waals surface area (Å²) < 4.78 is 1.83. The van der Waals surface area contributed by atoms with Crippen LogP contribution < -0.4 is 5.32 Å². The third-order valence-corrected chi connectivity index (χ3v) is 5.62. The van der Waals surface area contributed by atoms with Crippen LogP contribution >= 0.6 is 0 Å². The largest absolute Gasteiger partial charge is 0.380 e. The van der Waals surface area contributed by atoms with Crippen LogP contribution in [0.15, 0.2) is 67.4 Å². The van der Waals surface area contributed by atoms with Crippen LogP contribution in [0.25, 0.3) is 5.65 Å². The smallest absolute Gasteiger partial charge is 0.255 e. The lowest BCUT2D eigenvalue weighted by atomic mass is 9.96. The van der Waals surface area contributed by atoms with E-state index in [0.717, 1.165) is 35.6 Å². The summed E-state index contributed by atoms with van der Waals surface area (Å²) in [6.45, 7) is 2.10. The summed E-state index contributed by atoms with van der Waals surface area (Å²) in [7, 11) is 0. The van der Waals surface area contributed by atoms with Gasteiger partial charge in [-0.05, 0) is 48.7 Å². The van der Waals surface area contributed by atoms with Crippen LogP contribution in [0.1, 0.15) is 40.5 Å². The van der Waals surface area contributed by atoms with E-state index in [1.165, 1.54) is 0 Å². The molecule has 8 nitrogen and oxygen atoms in total.